The monoisotopic (exact) mass is 437 g/mol. The van der Waals surface area contributed by atoms with Crippen LogP contribution in [0.25, 0.3) is 25.1 Å². The van der Waals surface area contributed by atoms with Crippen LogP contribution in [0.4, 0.5) is 0 Å². The maximum Gasteiger partial charge on any atom is 0.339 e. The third-order valence-corrected chi connectivity index (χ3v) is 8.72. The van der Waals surface area contributed by atoms with Crippen LogP contribution in [0.1, 0.15) is 36.5 Å². The molecule has 3 aromatic carbocycles. The smallest absolute Gasteiger partial charge is 0.339 e. The summed E-state index contributed by atoms with van der Waals surface area (Å²) in [5, 5.41) is 2.58. The molecule has 1 heterocycles. The Labute approximate surface area is 191 Å². The van der Waals surface area contributed by atoms with Gasteiger partial charge in [0.2, 0.25) is 0 Å². The van der Waals surface area contributed by atoms with E-state index in [0.717, 1.165) is 19.3 Å². The molecule has 2 atom stereocenters. The Morgan fingerprint density at radius 1 is 1.00 bits per heavy atom. The van der Waals surface area contributed by atoms with E-state index in [4.69, 9.17) is 11.2 Å². The fourth-order valence-corrected chi connectivity index (χ4v) is 6.95. The standard InChI is InChI=1S/C29H25O2S/c1-3-29(2,22-11-5-4-6-12-22)31-28(30)21-17-19-23(20-18-21)32-26-15-9-7-13-24(26)25-14-8-10-16-27(25)32/h1,5,7-11,13-20,22H,4,6,12H2,2H3/q+1. The Kier molecular flexibility index (Phi) is 5.33. The van der Waals surface area contributed by atoms with Gasteiger partial charge >= 0.3 is 5.97 Å². The Morgan fingerprint density at radius 2 is 1.62 bits per heavy atom. The molecule has 0 amide bonds. The number of rotatable bonds is 4. The highest BCUT2D eigenvalue weighted by atomic mass is 32.2. The molecular formula is C29H25O2S+. The predicted octanol–water partition coefficient (Wildman–Crippen LogP) is 7.64. The van der Waals surface area contributed by atoms with Crippen LogP contribution in [-0.4, -0.2) is 11.6 Å². The Bertz CT molecular complexity index is 1320. The van der Waals surface area contributed by atoms with Gasteiger partial charge in [0, 0.05) is 27.2 Å². The minimum absolute atomic E-state index is 0.0532. The zero-order chi connectivity index (χ0) is 22.1. The molecule has 0 saturated carbocycles. The van der Waals surface area contributed by atoms with Crippen LogP contribution in [0.15, 0.2) is 84.9 Å². The number of hydrogen-bond acceptors (Lipinski definition) is 2. The van der Waals surface area contributed by atoms with Gasteiger partial charge in [0.15, 0.2) is 19.9 Å². The molecule has 2 nitrogen and oxygen atoms in total. The van der Waals surface area contributed by atoms with E-state index >= 15 is 0 Å². The molecule has 0 bridgehead atoms. The van der Waals surface area contributed by atoms with Crippen LogP contribution in [-0.2, 0) is 4.74 Å². The fraction of sp³-hybridized carbons (Fsp3) is 0.207. The molecule has 4 aromatic rings. The molecule has 0 N–H and O–H groups in total. The number of thiophene rings is 1. The molecule has 1 aromatic heterocycles. The summed E-state index contributed by atoms with van der Waals surface area (Å²) >= 11 is 0. The van der Waals surface area contributed by atoms with Crippen molar-refractivity contribution in [2.24, 2.45) is 5.92 Å². The van der Waals surface area contributed by atoms with Crippen LogP contribution >= 0.6 is 10.5 Å². The van der Waals surface area contributed by atoms with E-state index in [0.29, 0.717) is 5.56 Å². The highest BCUT2D eigenvalue weighted by Crippen LogP contribution is 2.48. The lowest BCUT2D eigenvalue weighted by atomic mass is 9.82. The van der Waals surface area contributed by atoms with Gasteiger partial charge in [0.1, 0.15) is 0 Å². The fourth-order valence-electron chi connectivity index (χ4n) is 4.57. The average molecular weight is 438 g/mol. The molecule has 32 heavy (non-hydrogen) atoms. The topological polar surface area (TPSA) is 26.3 Å². The van der Waals surface area contributed by atoms with Gasteiger partial charge in [-0.3, -0.25) is 0 Å². The maximum absolute atomic E-state index is 13.0. The van der Waals surface area contributed by atoms with E-state index in [9.17, 15) is 4.79 Å². The number of terminal acetylenes is 1. The zero-order valence-corrected chi connectivity index (χ0v) is 18.9. The molecule has 158 valence electrons. The number of ether oxygens (including phenoxy) is 1. The summed E-state index contributed by atoms with van der Waals surface area (Å²) in [6.07, 6.45) is 13.1. The average Bonchev–Trinajstić information content (AvgIpc) is 3.19. The Balaban J connectivity index is 1.47. The summed E-state index contributed by atoms with van der Waals surface area (Å²) < 4.78 is 8.52. The summed E-state index contributed by atoms with van der Waals surface area (Å²) in [6.45, 7) is 1.84. The third-order valence-electron chi connectivity index (χ3n) is 6.38. The van der Waals surface area contributed by atoms with Crippen LogP contribution < -0.4 is 0 Å². The normalized spacial score (nSPS) is 17.7. The van der Waals surface area contributed by atoms with Crippen molar-refractivity contribution in [3.05, 3.63) is 90.5 Å². The number of fused-ring (bicyclic) bond motifs is 3. The molecular weight excluding hydrogens is 412 g/mol. The van der Waals surface area contributed by atoms with Gasteiger partial charge < -0.3 is 4.74 Å². The molecule has 0 fully saturated rings. The van der Waals surface area contributed by atoms with Crippen molar-refractivity contribution in [2.75, 3.05) is 0 Å². The van der Waals surface area contributed by atoms with Crippen LogP contribution in [0.3, 0.4) is 0 Å². The molecule has 1 aliphatic carbocycles. The Hall–Kier alpha value is -3.35. The lowest BCUT2D eigenvalue weighted by Crippen LogP contribution is -2.38. The van der Waals surface area contributed by atoms with E-state index in [1.165, 1.54) is 25.1 Å². The minimum atomic E-state index is -0.933. The quantitative estimate of drug-likeness (QED) is 0.142. The molecule has 0 saturated heterocycles. The lowest BCUT2D eigenvalue weighted by Gasteiger charge is -2.32. The zero-order valence-electron chi connectivity index (χ0n) is 18.1. The summed E-state index contributed by atoms with van der Waals surface area (Å²) in [7, 11) is -0.180. The molecule has 0 radical (unpaired) electrons. The van der Waals surface area contributed by atoms with Gasteiger partial charge in [-0.25, -0.2) is 4.79 Å². The minimum Gasteiger partial charge on any atom is -0.442 e. The number of esters is 1. The summed E-state index contributed by atoms with van der Waals surface area (Å²) in [4.78, 5) is 14.1. The maximum atomic E-state index is 13.0. The second-order valence-electron chi connectivity index (χ2n) is 8.43. The van der Waals surface area contributed by atoms with Crippen LogP contribution in [0, 0.1) is 18.3 Å². The summed E-state index contributed by atoms with van der Waals surface area (Å²) in [5.74, 6) is 2.42. The molecule has 0 spiro atoms. The van der Waals surface area contributed by atoms with Gasteiger partial charge in [-0.1, -0.05) is 42.3 Å². The van der Waals surface area contributed by atoms with Gasteiger partial charge in [-0.15, -0.1) is 6.42 Å². The summed E-state index contributed by atoms with van der Waals surface area (Å²) in [6, 6.07) is 25.0. The first-order valence-electron chi connectivity index (χ1n) is 11.0. The molecule has 5 rings (SSSR count). The first kappa shape index (κ1) is 20.5. The SMILES string of the molecule is C#CC(C)(OC(=O)c1ccc(-[s+]2c3ccccc3c3ccccc32)cc1)C1C=CCCC1. The van der Waals surface area contributed by atoms with E-state index in [2.05, 4.69) is 66.6 Å². The van der Waals surface area contributed by atoms with E-state index in [1.54, 1.807) is 0 Å². The van der Waals surface area contributed by atoms with Crippen molar-refractivity contribution in [3.63, 3.8) is 0 Å². The second kappa shape index (κ2) is 8.30. The number of hydrogen-bond donors (Lipinski definition) is 0. The van der Waals surface area contributed by atoms with Crippen LogP contribution in [0.5, 0.6) is 0 Å². The first-order chi connectivity index (χ1) is 15.6. The van der Waals surface area contributed by atoms with Crippen molar-refractivity contribution in [1.82, 2.24) is 0 Å². The molecule has 1 aliphatic rings. The largest absolute Gasteiger partial charge is 0.442 e. The second-order valence-corrected chi connectivity index (χ2v) is 10.4. The number of carbonyl (C=O) groups is 1. The highest BCUT2D eigenvalue weighted by molar-refractivity contribution is 7.50. The predicted molar refractivity (Wildman–Crippen MR) is 134 cm³/mol. The van der Waals surface area contributed by atoms with Crippen molar-refractivity contribution in [1.29, 1.82) is 0 Å². The first-order valence-corrected chi connectivity index (χ1v) is 12.2. The molecule has 0 aliphatic heterocycles. The molecule has 3 heteroatoms. The summed E-state index contributed by atoms with van der Waals surface area (Å²) in [5.41, 5.74) is -0.406. The van der Waals surface area contributed by atoms with Crippen molar-refractivity contribution < 1.29 is 9.53 Å². The van der Waals surface area contributed by atoms with Crippen LogP contribution in [0.2, 0.25) is 0 Å². The van der Waals surface area contributed by atoms with Crippen molar-refractivity contribution in [3.8, 4) is 17.2 Å². The van der Waals surface area contributed by atoms with Gasteiger partial charge in [0.25, 0.3) is 0 Å². The van der Waals surface area contributed by atoms with E-state index in [1.807, 2.05) is 31.2 Å². The molecule has 2 unspecified atom stereocenters. The van der Waals surface area contributed by atoms with Gasteiger partial charge in [-0.2, -0.15) is 0 Å². The number of benzene rings is 3. The van der Waals surface area contributed by atoms with E-state index in [-0.39, 0.29) is 22.4 Å². The third kappa shape index (κ3) is 3.51. The Morgan fingerprint density at radius 3 is 2.19 bits per heavy atom. The van der Waals surface area contributed by atoms with Gasteiger partial charge in [0.05, 0.1) is 5.56 Å². The van der Waals surface area contributed by atoms with Gasteiger partial charge in [-0.05, 0) is 74.7 Å². The highest BCUT2D eigenvalue weighted by Gasteiger charge is 2.35. The van der Waals surface area contributed by atoms with E-state index < -0.39 is 5.60 Å². The number of carbonyl (C=O) groups excluding carboxylic acids is 1. The number of allylic oxidation sites excluding steroid dienone is 1. The van der Waals surface area contributed by atoms with Crippen molar-refractivity contribution >= 4 is 36.6 Å². The lowest BCUT2D eigenvalue weighted by molar-refractivity contribution is -0.00291. The van der Waals surface area contributed by atoms with Crippen molar-refractivity contribution in [2.45, 2.75) is 31.8 Å².